The van der Waals surface area contributed by atoms with Gasteiger partial charge in [0, 0.05) is 22.5 Å². The van der Waals surface area contributed by atoms with E-state index in [2.05, 4.69) is 15.6 Å². The Balaban J connectivity index is 1.49. The average Bonchev–Trinajstić information content (AvgIpc) is 3.36. The summed E-state index contributed by atoms with van der Waals surface area (Å²) in [6.45, 7) is 0.733. The van der Waals surface area contributed by atoms with Crippen molar-refractivity contribution in [1.82, 2.24) is 4.98 Å². The number of benzene rings is 1. The van der Waals surface area contributed by atoms with Gasteiger partial charge >= 0.3 is 0 Å². The minimum absolute atomic E-state index is 0.0654. The Hall–Kier alpha value is -1.78. The summed E-state index contributed by atoms with van der Waals surface area (Å²) in [5.74, 6) is 0.836. The van der Waals surface area contributed by atoms with Crippen LogP contribution in [0.5, 0.6) is 0 Å². The second-order valence-corrected chi connectivity index (χ2v) is 6.45. The summed E-state index contributed by atoms with van der Waals surface area (Å²) in [4.78, 5) is 15.9. The number of pyridine rings is 1. The SMILES string of the molecule is O=C(Nc1ccc(NCCc2ccc(Cl)cc2Cl)cn1)C1CC1. The summed E-state index contributed by atoms with van der Waals surface area (Å²) in [5.41, 5.74) is 1.95. The first-order chi connectivity index (χ1) is 11.1. The highest BCUT2D eigenvalue weighted by atomic mass is 35.5. The second-order valence-electron chi connectivity index (χ2n) is 5.61. The van der Waals surface area contributed by atoms with Gasteiger partial charge < -0.3 is 10.6 Å². The van der Waals surface area contributed by atoms with Crippen LogP contribution in [0.4, 0.5) is 11.5 Å². The van der Waals surface area contributed by atoms with E-state index in [1.807, 2.05) is 18.2 Å². The molecule has 1 aliphatic rings. The van der Waals surface area contributed by atoms with Crippen LogP contribution in [-0.4, -0.2) is 17.4 Å². The van der Waals surface area contributed by atoms with Crippen LogP contribution in [0.1, 0.15) is 18.4 Å². The lowest BCUT2D eigenvalue weighted by atomic mass is 10.1. The molecule has 2 aromatic rings. The van der Waals surface area contributed by atoms with Gasteiger partial charge in [0.1, 0.15) is 5.82 Å². The Morgan fingerprint density at radius 1 is 1.22 bits per heavy atom. The fourth-order valence-corrected chi connectivity index (χ4v) is 2.72. The van der Waals surface area contributed by atoms with Crippen molar-refractivity contribution in [3.8, 4) is 0 Å². The van der Waals surface area contributed by atoms with Crippen molar-refractivity contribution in [2.75, 3.05) is 17.2 Å². The van der Waals surface area contributed by atoms with Crippen molar-refractivity contribution in [3.63, 3.8) is 0 Å². The zero-order valence-corrected chi connectivity index (χ0v) is 14.0. The number of anilines is 2. The molecule has 0 bridgehead atoms. The smallest absolute Gasteiger partial charge is 0.228 e. The molecule has 0 spiro atoms. The van der Waals surface area contributed by atoms with Gasteiger partial charge in [0.15, 0.2) is 0 Å². The minimum Gasteiger partial charge on any atom is -0.383 e. The van der Waals surface area contributed by atoms with Gasteiger partial charge in [0.25, 0.3) is 0 Å². The van der Waals surface area contributed by atoms with Crippen molar-refractivity contribution in [1.29, 1.82) is 0 Å². The van der Waals surface area contributed by atoms with Crippen molar-refractivity contribution in [2.45, 2.75) is 19.3 Å². The lowest BCUT2D eigenvalue weighted by molar-refractivity contribution is -0.117. The number of nitrogens with one attached hydrogen (secondary N) is 2. The summed E-state index contributed by atoms with van der Waals surface area (Å²) >= 11 is 12.0. The second kappa shape index (κ2) is 7.20. The molecular weight excluding hydrogens is 333 g/mol. The normalized spacial score (nSPS) is 13.7. The Bertz CT molecular complexity index is 699. The zero-order chi connectivity index (χ0) is 16.2. The van der Waals surface area contributed by atoms with Gasteiger partial charge in [-0.05, 0) is 49.1 Å². The van der Waals surface area contributed by atoms with Gasteiger partial charge in [-0.1, -0.05) is 29.3 Å². The maximum Gasteiger partial charge on any atom is 0.228 e. The Morgan fingerprint density at radius 2 is 2.04 bits per heavy atom. The van der Waals surface area contributed by atoms with E-state index in [0.29, 0.717) is 15.9 Å². The summed E-state index contributed by atoms with van der Waals surface area (Å²) in [5, 5.41) is 7.42. The molecule has 0 aliphatic heterocycles. The molecule has 1 saturated carbocycles. The van der Waals surface area contributed by atoms with E-state index in [4.69, 9.17) is 23.2 Å². The predicted molar refractivity (Wildman–Crippen MR) is 94.2 cm³/mol. The van der Waals surface area contributed by atoms with Gasteiger partial charge in [-0.2, -0.15) is 0 Å². The molecule has 1 amide bonds. The lowest BCUT2D eigenvalue weighted by Crippen LogP contribution is -2.14. The first-order valence-corrected chi connectivity index (χ1v) is 8.32. The monoisotopic (exact) mass is 349 g/mol. The molecule has 6 heteroatoms. The number of carbonyl (C=O) groups excluding carboxylic acids is 1. The molecule has 1 heterocycles. The van der Waals surface area contributed by atoms with Crippen LogP contribution >= 0.6 is 23.2 Å². The minimum atomic E-state index is 0.0654. The third kappa shape index (κ3) is 4.60. The molecular formula is C17H17Cl2N3O. The summed E-state index contributed by atoms with van der Waals surface area (Å²) in [6, 6.07) is 9.22. The first kappa shape index (κ1) is 16.1. The number of hydrogen-bond donors (Lipinski definition) is 2. The molecule has 1 aromatic carbocycles. The number of halogens is 2. The highest BCUT2D eigenvalue weighted by Gasteiger charge is 2.29. The summed E-state index contributed by atoms with van der Waals surface area (Å²) in [6.07, 6.45) is 4.47. The molecule has 1 aromatic heterocycles. The van der Waals surface area contributed by atoms with Crippen molar-refractivity contribution >= 4 is 40.6 Å². The number of amides is 1. The van der Waals surface area contributed by atoms with Crippen LogP contribution in [0.25, 0.3) is 0 Å². The van der Waals surface area contributed by atoms with Crippen LogP contribution in [0.2, 0.25) is 10.0 Å². The van der Waals surface area contributed by atoms with E-state index in [-0.39, 0.29) is 11.8 Å². The van der Waals surface area contributed by atoms with Crippen molar-refractivity contribution in [2.24, 2.45) is 5.92 Å². The van der Waals surface area contributed by atoms with Gasteiger partial charge in [0.05, 0.1) is 11.9 Å². The Kier molecular flexibility index (Phi) is 5.03. The number of aromatic nitrogens is 1. The zero-order valence-electron chi connectivity index (χ0n) is 12.5. The van der Waals surface area contributed by atoms with Gasteiger partial charge in [-0.3, -0.25) is 4.79 Å². The van der Waals surface area contributed by atoms with Crippen LogP contribution in [0.15, 0.2) is 36.5 Å². The third-order valence-electron chi connectivity index (χ3n) is 3.70. The maximum atomic E-state index is 11.7. The number of nitrogens with zero attached hydrogens (tertiary/aromatic N) is 1. The van der Waals surface area contributed by atoms with E-state index >= 15 is 0 Å². The molecule has 4 nitrogen and oxygen atoms in total. The topological polar surface area (TPSA) is 54.0 Å². The number of rotatable bonds is 6. The third-order valence-corrected chi connectivity index (χ3v) is 4.29. The fraction of sp³-hybridized carbons (Fsp3) is 0.294. The average molecular weight is 350 g/mol. The van der Waals surface area contributed by atoms with Crippen LogP contribution in [0.3, 0.4) is 0 Å². The van der Waals surface area contributed by atoms with E-state index < -0.39 is 0 Å². The van der Waals surface area contributed by atoms with Crippen molar-refractivity contribution in [3.05, 3.63) is 52.1 Å². The first-order valence-electron chi connectivity index (χ1n) is 7.56. The maximum absolute atomic E-state index is 11.7. The number of hydrogen-bond acceptors (Lipinski definition) is 3. The molecule has 0 saturated heterocycles. The summed E-state index contributed by atoms with van der Waals surface area (Å²) < 4.78 is 0. The molecule has 2 N–H and O–H groups in total. The molecule has 23 heavy (non-hydrogen) atoms. The molecule has 0 radical (unpaired) electrons. The van der Waals surface area contributed by atoms with Gasteiger partial charge in [-0.25, -0.2) is 4.98 Å². The van der Waals surface area contributed by atoms with Crippen LogP contribution in [-0.2, 0) is 11.2 Å². The van der Waals surface area contributed by atoms with Gasteiger partial charge in [-0.15, -0.1) is 0 Å². The van der Waals surface area contributed by atoms with E-state index in [9.17, 15) is 4.79 Å². The Morgan fingerprint density at radius 3 is 2.70 bits per heavy atom. The van der Waals surface area contributed by atoms with Crippen LogP contribution in [0, 0.1) is 5.92 Å². The molecule has 0 unspecified atom stereocenters. The highest BCUT2D eigenvalue weighted by molar-refractivity contribution is 6.35. The Labute approximate surface area is 145 Å². The van der Waals surface area contributed by atoms with Crippen LogP contribution < -0.4 is 10.6 Å². The van der Waals surface area contributed by atoms with E-state index in [1.54, 1.807) is 18.3 Å². The fourth-order valence-electron chi connectivity index (χ4n) is 2.21. The highest BCUT2D eigenvalue weighted by Crippen LogP contribution is 2.30. The molecule has 1 fully saturated rings. The quantitative estimate of drug-likeness (QED) is 0.812. The summed E-state index contributed by atoms with van der Waals surface area (Å²) in [7, 11) is 0. The van der Waals surface area contributed by atoms with Gasteiger partial charge in [0.2, 0.25) is 5.91 Å². The van der Waals surface area contributed by atoms with E-state index in [0.717, 1.165) is 37.1 Å². The number of carbonyl (C=O) groups is 1. The largest absolute Gasteiger partial charge is 0.383 e. The van der Waals surface area contributed by atoms with Crippen molar-refractivity contribution < 1.29 is 4.79 Å². The standard InChI is InChI=1S/C17H17Cl2N3O/c18-13-4-3-11(15(19)9-13)7-8-20-14-5-6-16(21-10-14)22-17(23)12-1-2-12/h3-6,9-10,12,20H,1-2,7-8H2,(H,21,22,23). The van der Waals surface area contributed by atoms with E-state index in [1.165, 1.54) is 0 Å². The molecule has 120 valence electrons. The molecule has 1 aliphatic carbocycles. The molecule has 3 rings (SSSR count). The molecule has 0 atom stereocenters. The lowest BCUT2D eigenvalue weighted by Gasteiger charge is -2.09. The predicted octanol–water partition coefficient (Wildman–Crippen LogP) is 4.39.